The number of nitrogens with zero attached hydrogens (tertiary/aromatic N) is 5. The Morgan fingerprint density at radius 1 is 0.971 bits per heavy atom. The van der Waals surface area contributed by atoms with E-state index in [0.717, 1.165) is 11.3 Å². The van der Waals surface area contributed by atoms with E-state index < -0.39 is 4.92 Å². The number of rotatable bonds is 8. The number of hydrogen-bond donors (Lipinski definition) is 0. The van der Waals surface area contributed by atoms with Crippen LogP contribution in [0.5, 0.6) is 0 Å². The van der Waals surface area contributed by atoms with Crippen LogP contribution in [0.15, 0.2) is 70.9 Å². The molecule has 3 aromatic carbocycles. The van der Waals surface area contributed by atoms with Crippen molar-refractivity contribution in [1.82, 2.24) is 4.90 Å². The minimum atomic E-state index is -0.524. The predicted molar refractivity (Wildman–Crippen MR) is 133 cm³/mol. The monoisotopic (exact) mass is 491 g/mol. The van der Waals surface area contributed by atoms with E-state index in [-0.39, 0.29) is 29.1 Å². The summed E-state index contributed by atoms with van der Waals surface area (Å²) >= 11 is 6.09. The summed E-state index contributed by atoms with van der Waals surface area (Å²) in [6.45, 7) is 5.34. The molecule has 0 fully saturated rings. The molecule has 35 heavy (non-hydrogen) atoms. The van der Waals surface area contributed by atoms with Crippen LogP contribution in [0.4, 0.5) is 22.7 Å². The molecule has 1 aliphatic rings. The smallest absolute Gasteiger partial charge is 0.271 e. The summed E-state index contributed by atoms with van der Waals surface area (Å²) in [6.07, 6.45) is 0. The number of non-ortho nitro benzene ring substituents is 1. The molecule has 0 saturated carbocycles. The number of fused-ring (bicyclic) bond motifs is 1. The van der Waals surface area contributed by atoms with Crippen molar-refractivity contribution in [3.63, 3.8) is 0 Å². The third-order valence-electron chi connectivity index (χ3n) is 5.81. The zero-order valence-electron chi connectivity index (χ0n) is 19.1. The Morgan fingerprint density at radius 3 is 2.17 bits per heavy atom. The molecule has 4 rings (SSSR count). The second kappa shape index (κ2) is 10.0. The quantitative estimate of drug-likeness (QED) is 0.164. The number of carbonyl (C=O) groups excluding carboxylic acids is 2. The van der Waals surface area contributed by atoms with Crippen molar-refractivity contribution in [3.8, 4) is 0 Å². The molecule has 3 aromatic rings. The highest BCUT2D eigenvalue weighted by molar-refractivity contribution is 6.33. The molecule has 10 heteroatoms. The lowest BCUT2D eigenvalue weighted by molar-refractivity contribution is -0.384. The Kier molecular flexibility index (Phi) is 6.88. The van der Waals surface area contributed by atoms with Gasteiger partial charge >= 0.3 is 0 Å². The Hall–Kier alpha value is -4.11. The zero-order chi connectivity index (χ0) is 25.1. The van der Waals surface area contributed by atoms with E-state index in [0.29, 0.717) is 35.6 Å². The summed E-state index contributed by atoms with van der Waals surface area (Å²) in [5.74, 6) is -0.531. The third-order valence-corrected chi connectivity index (χ3v) is 6.11. The lowest BCUT2D eigenvalue weighted by Gasteiger charge is -2.26. The van der Waals surface area contributed by atoms with E-state index in [2.05, 4.69) is 15.1 Å². The second-order valence-electron chi connectivity index (χ2n) is 7.95. The SMILES string of the molecule is CCN(CCN1C(=O)c2ccccc2C1=O)c1ccc(/N=N/c2ccc([N+](=O)[O-])cc2Cl)c(C)c1. The van der Waals surface area contributed by atoms with Gasteiger partial charge in [0, 0.05) is 37.5 Å². The van der Waals surface area contributed by atoms with Crippen LogP contribution in [0.25, 0.3) is 0 Å². The van der Waals surface area contributed by atoms with E-state index in [1.54, 1.807) is 24.3 Å². The highest BCUT2D eigenvalue weighted by atomic mass is 35.5. The first kappa shape index (κ1) is 24.0. The van der Waals surface area contributed by atoms with Crippen LogP contribution in [-0.2, 0) is 0 Å². The molecule has 1 heterocycles. The first-order valence-corrected chi connectivity index (χ1v) is 11.3. The molecular weight excluding hydrogens is 470 g/mol. The van der Waals surface area contributed by atoms with Gasteiger partial charge in [-0.3, -0.25) is 24.6 Å². The number of nitro groups is 1. The largest absolute Gasteiger partial charge is 0.370 e. The van der Waals surface area contributed by atoms with Gasteiger partial charge in [-0.25, -0.2) is 0 Å². The normalized spacial score (nSPS) is 12.9. The van der Waals surface area contributed by atoms with Gasteiger partial charge in [-0.05, 0) is 55.8 Å². The molecule has 2 amide bonds. The fourth-order valence-electron chi connectivity index (χ4n) is 3.88. The number of azo groups is 1. The Labute approximate surface area is 206 Å². The standard InChI is InChI=1S/C25H22ClN5O4/c1-3-29(12-13-30-24(32)19-6-4-5-7-20(19)25(30)33)17-8-10-22(16(2)14-17)27-28-23-11-9-18(31(34)35)15-21(23)26/h4-11,14-15H,3,12-13H2,1-2H3/b28-27+. The summed E-state index contributed by atoms with van der Waals surface area (Å²) in [4.78, 5) is 39.0. The molecule has 0 saturated heterocycles. The third kappa shape index (κ3) is 4.90. The van der Waals surface area contributed by atoms with Crippen molar-refractivity contribution in [1.29, 1.82) is 0 Å². The lowest BCUT2D eigenvalue weighted by Crippen LogP contribution is -2.38. The summed E-state index contributed by atoms with van der Waals surface area (Å²) in [5, 5.41) is 19.4. The number of anilines is 1. The van der Waals surface area contributed by atoms with Crippen LogP contribution in [0.3, 0.4) is 0 Å². The maximum Gasteiger partial charge on any atom is 0.271 e. The Balaban J connectivity index is 1.45. The molecule has 1 aliphatic heterocycles. The molecular formula is C25H22ClN5O4. The van der Waals surface area contributed by atoms with Crippen molar-refractivity contribution >= 4 is 46.2 Å². The second-order valence-corrected chi connectivity index (χ2v) is 8.36. The molecule has 0 atom stereocenters. The van der Waals surface area contributed by atoms with Crippen LogP contribution < -0.4 is 4.90 Å². The van der Waals surface area contributed by atoms with E-state index in [1.165, 1.54) is 23.1 Å². The van der Waals surface area contributed by atoms with Crippen molar-refractivity contribution in [3.05, 3.63) is 92.5 Å². The minimum absolute atomic E-state index is 0.115. The number of benzene rings is 3. The van der Waals surface area contributed by atoms with Gasteiger partial charge in [0.2, 0.25) is 0 Å². The maximum absolute atomic E-state index is 12.6. The fourth-order valence-corrected chi connectivity index (χ4v) is 4.09. The molecule has 9 nitrogen and oxygen atoms in total. The average molecular weight is 492 g/mol. The maximum atomic E-state index is 12.6. The molecule has 0 spiro atoms. The van der Waals surface area contributed by atoms with Crippen LogP contribution >= 0.6 is 11.6 Å². The van der Waals surface area contributed by atoms with Crippen molar-refractivity contribution < 1.29 is 14.5 Å². The Morgan fingerprint density at radius 2 is 1.60 bits per heavy atom. The summed E-state index contributed by atoms with van der Waals surface area (Å²) in [7, 11) is 0. The Bertz CT molecular complexity index is 1320. The number of carbonyl (C=O) groups is 2. The number of hydrogen-bond acceptors (Lipinski definition) is 7. The molecule has 0 unspecified atom stereocenters. The van der Waals surface area contributed by atoms with Crippen molar-refractivity contribution in [2.45, 2.75) is 13.8 Å². The lowest BCUT2D eigenvalue weighted by atomic mass is 10.1. The zero-order valence-corrected chi connectivity index (χ0v) is 19.9. The molecule has 0 radical (unpaired) electrons. The van der Waals surface area contributed by atoms with E-state index >= 15 is 0 Å². The molecule has 0 aliphatic carbocycles. The molecule has 178 valence electrons. The van der Waals surface area contributed by atoms with Gasteiger partial charge in [-0.1, -0.05) is 23.7 Å². The van der Waals surface area contributed by atoms with Gasteiger partial charge in [0.05, 0.1) is 26.8 Å². The average Bonchev–Trinajstić information content (AvgIpc) is 3.09. The summed E-state index contributed by atoms with van der Waals surface area (Å²) in [5.41, 5.74) is 3.52. The van der Waals surface area contributed by atoms with Gasteiger partial charge in [0.25, 0.3) is 17.5 Å². The summed E-state index contributed by atoms with van der Waals surface area (Å²) in [6, 6.07) is 16.5. The highest BCUT2D eigenvalue weighted by Gasteiger charge is 2.34. The van der Waals surface area contributed by atoms with E-state index in [9.17, 15) is 19.7 Å². The van der Waals surface area contributed by atoms with E-state index in [1.807, 2.05) is 32.0 Å². The van der Waals surface area contributed by atoms with Gasteiger partial charge < -0.3 is 4.90 Å². The predicted octanol–water partition coefficient (Wildman–Crippen LogP) is 6.09. The first-order chi connectivity index (χ1) is 16.8. The van der Waals surface area contributed by atoms with Gasteiger partial charge in [0.1, 0.15) is 5.69 Å². The number of nitro benzene ring substituents is 1. The van der Waals surface area contributed by atoms with Crippen LogP contribution in [-0.4, -0.2) is 41.3 Å². The topological polar surface area (TPSA) is 108 Å². The number of likely N-dealkylation sites (N-methyl/N-ethyl adjacent to an activating group) is 1. The number of aryl methyl sites for hydroxylation is 1. The van der Waals surface area contributed by atoms with E-state index in [4.69, 9.17) is 11.6 Å². The van der Waals surface area contributed by atoms with Crippen molar-refractivity contribution in [2.24, 2.45) is 10.2 Å². The van der Waals surface area contributed by atoms with Gasteiger partial charge in [-0.2, -0.15) is 5.11 Å². The van der Waals surface area contributed by atoms with Crippen molar-refractivity contribution in [2.75, 3.05) is 24.5 Å². The van der Waals surface area contributed by atoms with Gasteiger partial charge in [0.15, 0.2) is 0 Å². The fraction of sp³-hybridized carbons (Fsp3) is 0.200. The van der Waals surface area contributed by atoms with Gasteiger partial charge in [-0.15, -0.1) is 5.11 Å². The highest BCUT2D eigenvalue weighted by Crippen LogP contribution is 2.32. The molecule has 0 aromatic heterocycles. The van der Waals surface area contributed by atoms with Crippen LogP contribution in [0.2, 0.25) is 5.02 Å². The number of halogens is 1. The first-order valence-electron chi connectivity index (χ1n) is 11.0. The summed E-state index contributed by atoms with van der Waals surface area (Å²) < 4.78 is 0. The van der Waals surface area contributed by atoms with Crippen LogP contribution in [0.1, 0.15) is 33.2 Å². The number of imide groups is 1. The molecule has 0 N–H and O–H groups in total. The molecule has 0 bridgehead atoms. The number of amides is 2. The van der Waals surface area contributed by atoms with Crippen LogP contribution in [0, 0.1) is 17.0 Å². The minimum Gasteiger partial charge on any atom is -0.370 e.